The van der Waals surface area contributed by atoms with Crippen LogP contribution in [0.3, 0.4) is 0 Å². The van der Waals surface area contributed by atoms with Crippen LogP contribution in [0.4, 0.5) is 11.5 Å². The molecule has 1 aromatic carbocycles. The Bertz CT molecular complexity index is 793. The van der Waals surface area contributed by atoms with Gasteiger partial charge in [0.15, 0.2) is 5.78 Å². The molecule has 0 bridgehead atoms. The zero-order valence-corrected chi connectivity index (χ0v) is 14.5. The zero-order valence-electron chi connectivity index (χ0n) is 14.5. The molecule has 0 amide bonds. The minimum atomic E-state index is -0.256. The summed E-state index contributed by atoms with van der Waals surface area (Å²) in [6.07, 6.45) is 6.14. The summed E-state index contributed by atoms with van der Waals surface area (Å²) in [6, 6.07) is 10.2. The normalized spacial score (nSPS) is 18.7. The first kappa shape index (κ1) is 15.4. The van der Waals surface area contributed by atoms with E-state index in [1.165, 1.54) is 24.0 Å². The summed E-state index contributed by atoms with van der Waals surface area (Å²) < 4.78 is 0. The number of benzene rings is 1. The van der Waals surface area contributed by atoms with E-state index in [0.717, 1.165) is 48.4 Å². The number of hydrogen-bond acceptors (Lipinski definition) is 3. The van der Waals surface area contributed by atoms with Crippen LogP contribution >= 0.6 is 0 Å². The van der Waals surface area contributed by atoms with Crippen LogP contribution in [0, 0.1) is 5.41 Å². The number of nitrogens with zero attached hydrogens (tertiary/aromatic N) is 1. The van der Waals surface area contributed by atoms with Gasteiger partial charge in [0.1, 0.15) is 5.82 Å². The standard InChI is InChI=1S/C21H24N2O/c1-21(2)13-12-17-18(19(21)24)15-10-6-7-11-16(15)20(23-17)22-14-8-4-3-5-9-14/h3-5,8-9H,6-7,10-13H2,1-2H3,(H,22,23). The highest BCUT2D eigenvalue weighted by molar-refractivity contribution is 6.04. The predicted molar refractivity (Wildman–Crippen MR) is 97.0 cm³/mol. The number of rotatable bonds is 2. The van der Waals surface area contributed by atoms with Gasteiger partial charge < -0.3 is 5.32 Å². The second-order valence-electron chi connectivity index (χ2n) is 7.65. The average molecular weight is 320 g/mol. The Morgan fingerprint density at radius 3 is 2.46 bits per heavy atom. The number of fused-ring (bicyclic) bond motifs is 3. The van der Waals surface area contributed by atoms with Crippen LogP contribution in [0.5, 0.6) is 0 Å². The summed E-state index contributed by atoms with van der Waals surface area (Å²) in [6.45, 7) is 4.15. The number of hydrogen-bond donors (Lipinski definition) is 1. The highest BCUT2D eigenvalue weighted by Gasteiger charge is 2.38. The number of anilines is 2. The first-order valence-corrected chi connectivity index (χ1v) is 8.98. The lowest BCUT2D eigenvalue weighted by Crippen LogP contribution is -2.33. The van der Waals surface area contributed by atoms with Crippen molar-refractivity contribution in [3.63, 3.8) is 0 Å². The van der Waals surface area contributed by atoms with Gasteiger partial charge in [0.2, 0.25) is 0 Å². The SMILES string of the molecule is CC1(C)CCc2nc(Nc3ccccc3)c3c(c2C1=O)CCCC3. The number of nitrogens with one attached hydrogen (secondary N) is 1. The molecular weight excluding hydrogens is 296 g/mol. The molecule has 4 rings (SSSR count). The van der Waals surface area contributed by atoms with Crippen LogP contribution in [0.2, 0.25) is 0 Å². The van der Waals surface area contributed by atoms with Crippen LogP contribution in [-0.2, 0) is 19.3 Å². The average Bonchev–Trinajstić information content (AvgIpc) is 2.59. The molecule has 1 heterocycles. The van der Waals surface area contributed by atoms with E-state index in [1.54, 1.807) is 0 Å². The Balaban J connectivity index is 1.84. The van der Waals surface area contributed by atoms with E-state index in [1.807, 2.05) is 18.2 Å². The number of pyridine rings is 1. The third-order valence-electron chi connectivity index (χ3n) is 5.46. The smallest absolute Gasteiger partial charge is 0.170 e. The maximum Gasteiger partial charge on any atom is 0.170 e. The fraction of sp³-hybridized carbons (Fsp3) is 0.429. The highest BCUT2D eigenvalue weighted by Crippen LogP contribution is 2.40. The first-order valence-electron chi connectivity index (χ1n) is 8.98. The molecule has 0 unspecified atom stereocenters. The van der Waals surface area contributed by atoms with Gasteiger partial charge in [-0.05, 0) is 61.8 Å². The molecule has 0 saturated carbocycles. The summed E-state index contributed by atoms with van der Waals surface area (Å²) in [7, 11) is 0. The second kappa shape index (κ2) is 5.73. The van der Waals surface area contributed by atoms with Gasteiger partial charge in [0.05, 0.1) is 5.69 Å². The van der Waals surface area contributed by atoms with E-state index in [9.17, 15) is 4.79 Å². The van der Waals surface area contributed by atoms with Gasteiger partial charge in [-0.2, -0.15) is 0 Å². The molecule has 3 nitrogen and oxygen atoms in total. The Labute approximate surface area is 143 Å². The van der Waals surface area contributed by atoms with Gasteiger partial charge in [-0.1, -0.05) is 32.0 Å². The summed E-state index contributed by atoms with van der Waals surface area (Å²) in [5.41, 5.74) is 5.27. The van der Waals surface area contributed by atoms with Crippen LogP contribution in [0.25, 0.3) is 0 Å². The van der Waals surface area contributed by atoms with Gasteiger partial charge in [0, 0.05) is 16.7 Å². The van der Waals surface area contributed by atoms with Crippen LogP contribution in [0.1, 0.15) is 60.3 Å². The van der Waals surface area contributed by atoms with Gasteiger partial charge >= 0.3 is 0 Å². The summed E-state index contributed by atoms with van der Waals surface area (Å²) in [5, 5.41) is 3.50. The van der Waals surface area contributed by atoms with Gasteiger partial charge in [-0.15, -0.1) is 0 Å². The van der Waals surface area contributed by atoms with Crippen molar-refractivity contribution in [3.8, 4) is 0 Å². The lowest BCUT2D eigenvalue weighted by atomic mass is 9.71. The number of para-hydroxylation sites is 1. The lowest BCUT2D eigenvalue weighted by Gasteiger charge is -2.33. The largest absolute Gasteiger partial charge is 0.340 e. The maximum absolute atomic E-state index is 13.0. The molecule has 0 fully saturated rings. The van der Waals surface area contributed by atoms with Crippen molar-refractivity contribution >= 4 is 17.3 Å². The summed E-state index contributed by atoms with van der Waals surface area (Å²) >= 11 is 0. The van der Waals surface area contributed by atoms with E-state index in [0.29, 0.717) is 5.78 Å². The number of aryl methyl sites for hydroxylation is 1. The Morgan fingerprint density at radius 1 is 1.00 bits per heavy atom. The molecule has 2 aliphatic rings. The van der Waals surface area contributed by atoms with Crippen molar-refractivity contribution in [3.05, 3.63) is 52.7 Å². The van der Waals surface area contributed by atoms with E-state index in [-0.39, 0.29) is 5.41 Å². The Hall–Kier alpha value is -2.16. The minimum absolute atomic E-state index is 0.256. The van der Waals surface area contributed by atoms with Crippen LogP contribution in [0.15, 0.2) is 30.3 Å². The van der Waals surface area contributed by atoms with Crippen molar-refractivity contribution in [1.29, 1.82) is 0 Å². The van der Waals surface area contributed by atoms with Crippen LogP contribution < -0.4 is 5.32 Å². The lowest BCUT2D eigenvalue weighted by molar-refractivity contribution is 0.0808. The van der Waals surface area contributed by atoms with Gasteiger partial charge in [-0.25, -0.2) is 4.98 Å². The highest BCUT2D eigenvalue weighted by atomic mass is 16.1. The molecule has 0 spiro atoms. The molecule has 0 radical (unpaired) electrons. The molecule has 1 aromatic heterocycles. The van der Waals surface area contributed by atoms with Crippen molar-refractivity contribution in [2.45, 2.75) is 52.4 Å². The van der Waals surface area contributed by atoms with E-state index >= 15 is 0 Å². The van der Waals surface area contributed by atoms with Crippen molar-refractivity contribution < 1.29 is 4.79 Å². The molecule has 24 heavy (non-hydrogen) atoms. The monoisotopic (exact) mass is 320 g/mol. The summed E-state index contributed by atoms with van der Waals surface area (Å²) in [5.74, 6) is 1.25. The molecule has 1 N–H and O–H groups in total. The van der Waals surface area contributed by atoms with Crippen molar-refractivity contribution in [2.24, 2.45) is 5.41 Å². The Kier molecular flexibility index (Phi) is 3.67. The fourth-order valence-corrected chi connectivity index (χ4v) is 3.97. The van der Waals surface area contributed by atoms with E-state index in [2.05, 4.69) is 31.3 Å². The third-order valence-corrected chi connectivity index (χ3v) is 5.46. The molecule has 2 aromatic rings. The predicted octanol–water partition coefficient (Wildman–Crippen LogP) is 4.86. The number of aromatic nitrogens is 1. The molecule has 0 atom stereocenters. The first-order chi connectivity index (χ1) is 11.6. The zero-order chi connectivity index (χ0) is 16.7. The molecule has 124 valence electrons. The Morgan fingerprint density at radius 2 is 1.71 bits per heavy atom. The minimum Gasteiger partial charge on any atom is -0.340 e. The quantitative estimate of drug-likeness (QED) is 0.859. The topological polar surface area (TPSA) is 42.0 Å². The number of Topliss-reactive ketones (excluding diaryl/α,β-unsaturated/α-hetero) is 1. The molecule has 3 heteroatoms. The summed E-state index contributed by atoms with van der Waals surface area (Å²) in [4.78, 5) is 17.9. The fourth-order valence-electron chi connectivity index (χ4n) is 3.97. The van der Waals surface area contributed by atoms with Gasteiger partial charge in [-0.3, -0.25) is 4.79 Å². The number of ketones is 1. The van der Waals surface area contributed by atoms with Crippen molar-refractivity contribution in [1.82, 2.24) is 4.98 Å². The molecule has 2 aliphatic carbocycles. The maximum atomic E-state index is 13.0. The van der Waals surface area contributed by atoms with Crippen molar-refractivity contribution in [2.75, 3.05) is 5.32 Å². The third kappa shape index (κ3) is 2.52. The molecular formula is C21H24N2O. The molecule has 0 saturated heterocycles. The van der Waals surface area contributed by atoms with Gasteiger partial charge in [0.25, 0.3) is 0 Å². The molecule has 0 aliphatic heterocycles. The second-order valence-corrected chi connectivity index (χ2v) is 7.65. The number of carbonyl (C=O) groups excluding carboxylic acids is 1. The van der Waals surface area contributed by atoms with E-state index < -0.39 is 0 Å². The number of carbonyl (C=O) groups is 1. The van der Waals surface area contributed by atoms with E-state index in [4.69, 9.17) is 4.98 Å². The van der Waals surface area contributed by atoms with Crippen LogP contribution in [-0.4, -0.2) is 10.8 Å².